The largest absolute Gasteiger partial charge is 0.494 e. The zero-order valence-electron chi connectivity index (χ0n) is 79.2. The summed E-state index contributed by atoms with van der Waals surface area (Å²) >= 11 is 0. The van der Waals surface area contributed by atoms with Crippen molar-refractivity contribution in [1.29, 1.82) is 0 Å². The number of rotatable bonds is 18. The van der Waals surface area contributed by atoms with Crippen molar-refractivity contribution in [1.82, 2.24) is 0 Å². The Kier molecular flexibility index (Phi) is 27.4. The van der Waals surface area contributed by atoms with Crippen LogP contribution in [0.15, 0.2) is 340 Å². The molecule has 0 spiro atoms. The molecule has 0 bridgehead atoms. The monoisotopic (exact) mass is 1760 g/mol. The number of benzene rings is 14. The molecular formula is C112H116B4F4N4O8. The van der Waals surface area contributed by atoms with Gasteiger partial charge in [0.05, 0.1) is 56.2 Å². The molecule has 14 aromatic rings. The number of nitrogens with zero attached hydrogens (tertiary/aromatic N) is 4. The molecule has 4 aliphatic rings. The molecule has 20 heteroatoms. The molecule has 0 aliphatic carbocycles. The van der Waals surface area contributed by atoms with E-state index in [-0.39, 0.29) is 48.1 Å². The van der Waals surface area contributed by atoms with Crippen molar-refractivity contribution in [2.75, 3.05) is 19.6 Å². The standard InChI is InChI=1S/C36H33BFNO2.C28H34BNO2.C24H23BF3NO2.C24H26BNO2/c1-35(2)36(3,4)41-37(40-35)29-20-22-31(23-21-29)39(30-18-12-7-13-19-30)34-32(27-16-10-6-11-17-27)24-28(25-33(34)38)26-14-8-5-9-15-26;1-19-9-15-25(21(3)17-19)30(26-16-10-20(2)18-22(26)4)24-13-11-23(12-14-24)29-31-27(5,6)28(7,8)32-29;1-23(2)24(3,4)31-25(30-23)16-10-12-18(13-11-16)29(17-8-6-5-7-9-17)20-15-14-19(26)21(27)22(20)28;1-23(2)24(3,4)28-25(27-23)19-15-17-22(18-16-19)26(20-11-7-5-8-12-20)21-13-9-6-10-14-21/h5-25H,1-4H3;9-18H,1-8H3;5-15H,1-4H3;5-18H,1-4H3. The first-order valence-electron chi connectivity index (χ1n) is 45.2. The van der Waals surface area contributed by atoms with E-state index in [0.717, 1.165) is 84.3 Å². The summed E-state index contributed by atoms with van der Waals surface area (Å²) in [6, 6.07) is 111. The molecule has 4 fully saturated rings. The van der Waals surface area contributed by atoms with Crippen molar-refractivity contribution in [2.24, 2.45) is 0 Å². The van der Waals surface area contributed by atoms with E-state index in [2.05, 4.69) is 232 Å². The normalized spacial score (nSPS) is 16.7. The molecular weight excluding hydrogens is 1650 g/mol. The highest BCUT2D eigenvalue weighted by molar-refractivity contribution is 6.63. The van der Waals surface area contributed by atoms with Gasteiger partial charge in [-0.05, 0) is 322 Å². The van der Waals surface area contributed by atoms with Crippen molar-refractivity contribution >= 4 is 119 Å². The van der Waals surface area contributed by atoms with Crippen LogP contribution in [0.4, 0.5) is 85.8 Å². The molecule has 0 aromatic heterocycles. The molecule has 4 heterocycles. The summed E-state index contributed by atoms with van der Waals surface area (Å²) in [5.74, 6) is -4.29. The van der Waals surface area contributed by atoms with Gasteiger partial charge in [-0.25, -0.2) is 17.6 Å². The lowest BCUT2D eigenvalue weighted by Gasteiger charge is -2.32. The summed E-state index contributed by atoms with van der Waals surface area (Å²) in [5.41, 5.74) is 19.3. The maximum Gasteiger partial charge on any atom is 0.494 e. The van der Waals surface area contributed by atoms with Gasteiger partial charge in [0.25, 0.3) is 0 Å². The van der Waals surface area contributed by atoms with E-state index >= 15 is 4.39 Å². The number of hydrogen-bond donors (Lipinski definition) is 0. The molecule has 0 saturated carbocycles. The Labute approximate surface area is 779 Å². The number of anilines is 12. The molecule has 12 nitrogen and oxygen atoms in total. The van der Waals surface area contributed by atoms with E-state index in [1.807, 2.05) is 206 Å². The Morgan fingerprint density at radius 2 is 0.470 bits per heavy atom. The minimum Gasteiger partial charge on any atom is -0.399 e. The third kappa shape index (κ3) is 20.1. The Hall–Kier alpha value is -12.1. The second-order valence-electron chi connectivity index (χ2n) is 38.3. The third-order valence-electron chi connectivity index (χ3n) is 26.7. The van der Waals surface area contributed by atoms with E-state index in [0.29, 0.717) is 17.1 Å². The Bertz CT molecular complexity index is 6160. The van der Waals surface area contributed by atoms with Gasteiger partial charge in [-0.1, -0.05) is 217 Å². The van der Waals surface area contributed by atoms with Gasteiger partial charge in [-0.3, -0.25) is 0 Å². The van der Waals surface area contributed by atoms with Gasteiger partial charge in [0.2, 0.25) is 0 Å². The van der Waals surface area contributed by atoms with Gasteiger partial charge >= 0.3 is 28.5 Å². The summed E-state index contributed by atoms with van der Waals surface area (Å²) in [6.07, 6.45) is 0. The Balaban J connectivity index is 0.000000136. The highest BCUT2D eigenvalue weighted by Crippen LogP contribution is 2.48. The fourth-order valence-electron chi connectivity index (χ4n) is 16.3. The van der Waals surface area contributed by atoms with Crippen LogP contribution in [0.25, 0.3) is 22.3 Å². The molecule has 14 aromatic carbocycles. The average molecular weight is 1770 g/mol. The molecule has 4 aliphatic heterocycles. The van der Waals surface area contributed by atoms with Gasteiger partial charge in [0.1, 0.15) is 5.82 Å². The average Bonchev–Trinajstić information content (AvgIpc) is 1.73. The molecule has 0 atom stereocenters. The quantitative estimate of drug-likeness (QED) is 0.0466. The van der Waals surface area contributed by atoms with Gasteiger partial charge < -0.3 is 56.8 Å². The molecule has 0 unspecified atom stereocenters. The lowest BCUT2D eigenvalue weighted by atomic mass is 9.79. The van der Waals surface area contributed by atoms with E-state index in [4.69, 9.17) is 37.2 Å². The van der Waals surface area contributed by atoms with Crippen molar-refractivity contribution in [2.45, 2.75) is 183 Å². The van der Waals surface area contributed by atoms with Gasteiger partial charge in [0, 0.05) is 62.4 Å². The number of halogens is 4. The SMILES string of the molecule is CC1(C)OB(c2ccc(N(c3ccccc3)c3c(F)cc(-c4ccccc4)cc3-c3ccccc3)cc2)OC1(C)C.CC1(C)OB(c2ccc(N(c3ccccc3)c3ccc(F)c(F)c3F)cc2)OC1(C)C.CC1(C)OB(c2ccc(N(c3ccccc3)c3ccccc3)cc2)OC1(C)C.Cc1ccc(N(c2ccc(B3OC(C)(C)C(C)(C)O3)cc2)c2ccc(C)cc2C)c(C)c1. The summed E-state index contributed by atoms with van der Waals surface area (Å²) in [7, 11) is -1.71. The van der Waals surface area contributed by atoms with E-state index in [1.54, 1.807) is 42.5 Å². The van der Waals surface area contributed by atoms with Crippen LogP contribution in [0.2, 0.25) is 0 Å². The fraction of sp³-hybridized carbons (Fsp3) is 0.250. The molecule has 18 rings (SSSR count). The van der Waals surface area contributed by atoms with Crippen LogP contribution in [-0.2, 0) is 37.2 Å². The fourth-order valence-corrected chi connectivity index (χ4v) is 16.3. The van der Waals surface area contributed by atoms with Crippen molar-refractivity contribution < 1.29 is 54.8 Å². The lowest BCUT2D eigenvalue weighted by molar-refractivity contribution is 0.00578. The van der Waals surface area contributed by atoms with Crippen LogP contribution in [0.1, 0.15) is 133 Å². The number of para-hydroxylation sites is 4. The first kappa shape index (κ1) is 94.6. The molecule has 0 N–H and O–H groups in total. The highest BCUT2D eigenvalue weighted by Gasteiger charge is 2.55. The minimum atomic E-state index is -1.51. The lowest BCUT2D eigenvalue weighted by Crippen LogP contribution is -2.41. The predicted octanol–water partition coefficient (Wildman–Crippen LogP) is 26.9. The van der Waals surface area contributed by atoms with Crippen LogP contribution in [0, 0.1) is 51.0 Å². The van der Waals surface area contributed by atoms with E-state index < -0.39 is 54.1 Å². The Morgan fingerprint density at radius 3 is 0.788 bits per heavy atom. The van der Waals surface area contributed by atoms with Crippen LogP contribution in [0.3, 0.4) is 0 Å². The van der Waals surface area contributed by atoms with Crippen molar-refractivity contribution in [3.05, 3.63) is 385 Å². The van der Waals surface area contributed by atoms with E-state index in [9.17, 15) is 13.2 Å². The van der Waals surface area contributed by atoms with Crippen LogP contribution in [-0.4, -0.2) is 73.3 Å². The smallest absolute Gasteiger partial charge is 0.399 e. The topological polar surface area (TPSA) is 86.8 Å². The zero-order chi connectivity index (χ0) is 94.0. The summed E-state index contributed by atoms with van der Waals surface area (Å²) in [4.78, 5) is 8.11. The summed E-state index contributed by atoms with van der Waals surface area (Å²) in [6.45, 7) is 41.4. The maximum absolute atomic E-state index is 16.5. The molecule has 672 valence electrons. The van der Waals surface area contributed by atoms with Crippen molar-refractivity contribution in [3.8, 4) is 22.3 Å². The minimum absolute atomic E-state index is 0.0894. The third-order valence-corrected chi connectivity index (χ3v) is 26.7. The van der Waals surface area contributed by atoms with Gasteiger partial charge in [-0.15, -0.1) is 0 Å². The van der Waals surface area contributed by atoms with Gasteiger partial charge in [-0.2, -0.15) is 0 Å². The summed E-state index contributed by atoms with van der Waals surface area (Å²) in [5, 5.41) is 0. The Morgan fingerprint density at radius 1 is 0.212 bits per heavy atom. The van der Waals surface area contributed by atoms with Crippen LogP contribution < -0.4 is 41.5 Å². The van der Waals surface area contributed by atoms with Gasteiger partial charge in [0.15, 0.2) is 17.5 Å². The zero-order valence-corrected chi connectivity index (χ0v) is 79.2. The van der Waals surface area contributed by atoms with E-state index in [1.165, 1.54) is 44.6 Å². The predicted molar refractivity (Wildman–Crippen MR) is 537 cm³/mol. The van der Waals surface area contributed by atoms with Crippen molar-refractivity contribution in [3.63, 3.8) is 0 Å². The van der Waals surface area contributed by atoms with Crippen LogP contribution >= 0.6 is 0 Å². The maximum atomic E-state index is 16.5. The molecule has 0 amide bonds. The molecule has 132 heavy (non-hydrogen) atoms. The van der Waals surface area contributed by atoms with Crippen LogP contribution in [0.5, 0.6) is 0 Å². The number of hydrogen-bond acceptors (Lipinski definition) is 12. The number of aryl methyl sites for hydroxylation is 4. The molecule has 0 radical (unpaired) electrons. The molecule has 4 saturated heterocycles. The first-order valence-corrected chi connectivity index (χ1v) is 45.2. The first-order chi connectivity index (χ1) is 62.7. The second-order valence-corrected chi connectivity index (χ2v) is 38.3. The highest BCUT2D eigenvalue weighted by atomic mass is 19.2. The second kappa shape index (κ2) is 38.3. The summed E-state index contributed by atoms with van der Waals surface area (Å²) < 4.78 is 108.